The fraction of sp³-hybridized carbons (Fsp3) is 0.538. The summed E-state index contributed by atoms with van der Waals surface area (Å²) in [5.41, 5.74) is 4.14. The summed E-state index contributed by atoms with van der Waals surface area (Å²) in [6, 6.07) is 5.42. The third-order valence-electron chi connectivity index (χ3n) is 7.62. The van der Waals surface area contributed by atoms with E-state index in [1.807, 2.05) is 22.9 Å². The van der Waals surface area contributed by atoms with Gasteiger partial charge in [0, 0.05) is 31.8 Å². The molecule has 0 bridgehead atoms. The van der Waals surface area contributed by atoms with Crippen molar-refractivity contribution in [3.63, 3.8) is 0 Å². The lowest BCUT2D eigenvalue weighted by atomic mass is 9.99. The molecule has 5 rings (SSSR count). The van der Waals surface area contributed by atoms with Crippen LogP contribution in [0.5, 0.6) is 0 Å². The number of nitrogens with zero attached hydrogens (tertiary/aromatic N) is 6. The fourth-order valence-corrected chi connectivity index (χ4v) is 5.60. The maximum absolute atomic E-state index is 13.8. The maximum atomic E-state index is 13.8. The van der Waals surface area contributed by atoms with Gasteiger partial charge in [0.1, 0.15) is 12.1 Å². The van der Waals surface area contributed by atoms with Crippen molar-refractivity contribution in [3.8, 4) is 6.07 Å². The van der Waals surface area contributed by atoms with Crippen LogP contribution in [0.1, 0.15) is 61.4 Å². The zero-order valence-electron chi connectivity index (χ0n) is 21.2. The largest absolute Gasteiger partial charge is 0.344 e. The molecule has 2 fully saturated rings. The minimum absolute atomic E-state index is 0.0277. The van der Waals surface area contributed by atoms with Gasteiger partial charge >= 0.3 is 0 Å². The van der Waals surface area contributed by atoms with Crippen molar-refractivity contribution in [3.05, 3.63) is 46.8 Å². The number of hydrogen-bond acceptors (Lipinski definition) is 6. The smallest absolute Gasteiger partial charge is 0.268 e. The van der Waals surface area contributed by atoms with E-state index in [0.29, 0.717) is 19.6 Å². The van der Waals surface area contributed by atoms with Crippen LogP contribution in [0.3, 0.4) is 0 Å². The minimum atomic E-state index is -3.14. The summed E-state index contributed by atoms with van der Waals surface area (Å²) in [6.45, 7) is 4.66. The number of carbonyl (C=O) groups excluding carboxylic acids is 3. The number of hydrogen-bond donors (Lipinski definition) is 1. The lowest BCUT2D eigenvalue weighted by Gasteiger charge is -2.22. The Morgan fingerprint density at radius 3 is 2.82 bits per heavy atom. The van der Waals surface area contributed by atoms with E-state index in [0.717, 1.165) is 27.3 Å². The van der Waals surface area contributed by atoms with Crippen molar-refractivity contribution < 1.29 is 23.2 Å². The molecule has 0 spiro atoms. The Kier molecular flexibility index (Phi) is 6.63. The second kappa shape index (κ2) is 9.78. The summed E-state index contributed by atoms with van der Waals surface area (Å²) >= 11 is 0. The molecule has 12 heteroatoms. The van der Waals surface area contributed by atoms with Crippen molar-refractivity contribution in [2.75, 3.05) is 6.54 Å². The number of amides is 3. The normalized spacial score (nSPS) is 24.0. The summed E-state index contributed by atoms with van der Waals surface area (Å²) in [5.74, 6) is -4.99. The Labute approximate surface area is 218 Å². The number of halogens is 2. The topological polar surface area (TPSA) is 124 Å². The Morgan fingerprint density at radius 2 is 2.08 bits per heavy atom. The van der Waals surface area contributed by atoms with Gasteiger partial charge in [-0.1, -0.05) is 37.3 Å². The number of likely N-dealkylation sites (tertiary alicyclic amines) is 1. The molecule has 1 aromatic carbocycles. The molecule has 4 heterocycles. The molecule has 1 aromatic heterocycles. The van der Waals surface area contributed by atoms with E-state index < -0.39 is 48.7 Å². The van der Waals surface area contributed by atoms with E-state index in [1.165, 1.54) is 0 Å². The van der Waals surface area contributed by atoms with Crippen LogP contribution in [0.2, 0.25) is 0 Å². The first-order valence-electron chi connectivity index (χ1n) is 12.7. The number of nitriles is 1. The van der Waals surface area contributed by atoms with Gasteiger partial charge in [0.2, 0.25) is 17.7 Å². The molecule has 1 N–H and O–H groups in total. The molecule has 10 nitrogen and oxygen atoms in total. The summed E-state index contributed by atoms with van der Waals surface area (Å²) in [7, 11) is 0. The number of fused-ring (bicyclic) bond motifs is 1. The van der Waals surface area contributed by atoms with Crippen molar-refractivity contribution >= 4 is 17.7 Å². The average Bonchev–Trinajstić information content (AvgIpc) is 3.64. The maximum Gasteiger partial charge on any atom is 0.268 e. The molecule has 3 aliphatic rings. The van der Waals surface area contributed by atoms with Gasteiger partial charge in [0.25, 0.3) is 5.92 Å². The molecule has 0 saturated carbocycles. The highest BCUT2D eigenvalue weighted by Gasteiger charge is 2.50. The summed E-state index contributed by atoms with van der Waals surface area (Å²) in [6.07, 6.45) is 0.979. The highest BCUT2D eigenvalue weighted by atomic mass is 19.3. The van der Waals surface area contributed by atoms with Gasteiger partial charge in [-0.05, 0) is 29.0 Å². The number of aromatic nitrogens is 3. The van der Waals surface area contributed by atoms with E-state index in [-0.39, 0.29) is 24.7 Å². The van der Waals surface area contributed by atoms with Crippen molar-refractivity contribution in [1.29, 1.82) is 5.26 Å². The first-order valence-corrected chi connectivity index (χ1v) is 12.7. The predicted molar refractivity (Wildman–Crippen MR) is 129 cm³/mol. The zero-order valence-corrected chi connectivity index (χ0v) is 21.2. The third kappa shape index (κ3) is 4.85. The van der Waals surface area contributed by atoms with E-state index >= 15 is 0 Å². The number of alkyl halides is 2. The number of rotatable bonds is 6. The standard InChI is InChI=1S/C26H29F2N7O3/c1-15(2)22-10-30-32-35(22)12-17-5-3-4-16-11-33(13-20(16)17)23(36)7-18-6-21(31-24(18)37)25(38)34-14-26(27,28)8-19(34)9-29/h3-5,10,15,18-19,21H,6-8,11-14H2,1-2H3,(H,31,37)/t18-,19-,21-/m0/s1. The van der Waals surface area contributed by atoms with Crippen LogP contribution in [-0.2, 0) is 34.0 Å². The van der Waals surface area contributed by atoms with Gasteiger partial charge in [0.15, 0.2) is 0 Å². The second-order valence-electron chi connectivity index (χ2n) is 10.6. The molecule has 3 amide bonds. The Morgan fingerprint density at radius 1 is 1.29 bits per heavy atom. The van der Waals surface area contributed by atoms with Gasteiger partial charge in [-0.2, -0.15) is 5.26 Å². The molecule has 2 saturated heterocycles. The van der Waals surface area contributed by atoms with Crippen LogP contribution in [0, 0.1) is 17.2 Å². The monoisotopic (exact) mass is 525 g/mol. The van der Waals surface area contributed by atoms with E-state index in [1.54, 1.807) is 17.2 Å². The second-order valence-corrected chi connectivity index (χ2v) is 10.6. The van der Waals surface area contributed by atoms with Crippen LogP contribution >= 0.6 is 0 Å². The number of benzene rings is 1. The molecule has 200 valence electrons. The average molecular weight is 526 g/mol. The lowest BCUT2D eigenvalue weighted by Crippen LogP contribution is -2.46. The van der Waals surface area contributed by atoms with Crippen LogP contribution in [0.25, 0.3) is 0 Å². The minimum Gasteiger partial charge on any atom is -0.344 e. The number of nitrogens with one attached hydrogen (secondary N) is 1. The lowest BCUT2D eigenvalue weighted by molar-refractivity contribution is -0.135. The summed E-state index contributed by atoms with van der Waals surface area (Å²) in [4.78, 5) is 41.1. The molecular weight excluding hydrogens is 496 g/mol. The molecular formula is C26H29F2N7O3. The summed E-state index contributed by atoms with van der Waals surface area (Å²) < 4.78 is 29.4. The van der Waals surface area contributed by atoms with Gasteiger partial charge < -0.3 is 15.1 Å². The molecule has 0 unspecified atom stereocenters. The van der Waals surface area contributed by atoms with E-state index in [9.17, 15) is 28.4 Å². The van der Waals surface area contributed by atoms with Gasteiger partial charge in [0.05, 0.1) is 31.0 Å². The van der Waals surface area contributed by atoms with E-state index in [4.69, 9.17) is 0 Å². The first kappa shape index (κ1) is 25.8. The summed E-state index contributed by atoms with van der Waals surface area (Å²) in [5, 5.41) is 20.0. The Balaban J connectivity index is 1.22. The highest BCUT2D eigenvalue weighted by Crippen LogP contribution is 2.34. The molecule has 0 radical (unpaired) electrons. The Hall–Kier alpha value is -3.88. The van der Waals surface area contributed by atoms with Crippen LogP contribution in [0.4, 0.5) is 8.78 Å². The fourth-order valence-electron chi connectivity index (χ4n) is 5.60. The van der Waals surface area contributed by atoms with Crippen LogP contribution < -0.4 is 5.32 Å². The SMILES string of the molecule is CC(C)c1cnnn1Cc1cccc2c1CN(C(=O)C[C@@H]1C[C@@H](C(=O)N3CC(F)(F)C[C@H]3C#N)NC1=O)C2. The van der Waals surface area contributed by atoms with Gasteiger partial charge in [-0.15, -0.1) is 5.10 Å². The predicted octanol–water partition coefficient (Wildman–Crippen LogP) is 1.95. The van der Waals surface area contributed by atoms with Crippen LogP contribution in [-0.4, -0.2) is 67.1 Å². The molecule has 0 aliphatic carbocycles. The van der Waals surface area contributed by atoms with Gasteiger partial charge in [-0.25, -0.2) is 13.5 Å². The van der Waals surface area contributed by atoms with Crippen molar-refractivity contribution in [2.45, 2.75) is 76.7 Å². The van der Waals surface area contributed by atoms with Gasteiger partial charge in [-0.3, -0.25) is 14.4 Å². The molecule has 38 heavy (non-hydrogen) atoms. The Bertz CT molecular complexity index is 1320. The molecule has 2 aromatic rings. The molecule has 3 atom stereocenters. The van der Waals surface area contributed by atoms with Crippen molar-refractivity contribution in [2.24, 2.45) is 5.92 Å². The molecule has 3 aliphatic heterocycles. The zero-order chi connectivity index (χ0) is 27.2. The third-order valence-corrected chi connectivity index (χ3v) is 7.62. The quantitative estimate of drug-likeness (QED) is 0.615. The highest BCUT2D eigenvalue weighted by molar-refractivity contribution is 5.94. The van der Waals surface area contributed by atoms with Crippen LogP contribution in [0.15, 0.2) is 24.4 Å². The number of carbonyl (C=O) groups is 3. The van der Waals surface area contributed by atoms with Crippen molar-refractivity contribution in [1.82, 2.24) is 30.1 Å². The van der Waals surface area contributed by atoms with E-state index in [2.05, 4.69) is 29.5 Å². The first-order chi connectivity index (χ1) is 18.1.